The molecule has 0 radical (unpaired) electrons. The van der Waals surface area contributed by atoms with Crippen LogP contribution in [-0.4, -0.2) is 190 Å². The van der Waals surface area contributed by atoms with Crippen LogP contribution in [0.2, 0.25) is 20.1 Å². The summed E-state index contributed by atoms with van der Waals surface area (Å²) in [5, 5.41) is 66.0. The van der Waals surface area contributed by atoms with Gasteiger partial charge in [-0.25, -0.2) is 9.36 Å². The van der Waals surface area contributed by atoms with Crippen LogP contribution >= 0.6 is 46.4 Å². The highest BCUT2D eigenvalue weighted by Crippen LogP contribution is 2.41. The molecule has 2 aliphatic rings. The van der Waals surface area contributed by atoms with E-state index in [2.05, 4.69) is 79.4 Å². The number of rotatable bonds is 27. The molecular formula is C54H64Cl4N10O10. The zero-order valence-electron chi connectivity index (χ0n) is 43.2. The molecule has 0 aliphatic carbocycles. The van der Waals surface area contributed by atoms with Crippen molar-refractivity contribution < 1.29 is 49.0 Å². The van der Waals surface area contributed by atoms with E-state index < -0.39 is 36.2 Å². The van der Waals surface area contributed by atoms with Crippen LogP contribution in [0.1, 0.15) is 45.2 Å². The first-order valence-corrected chi connectivity index (χ1v) is 27.1. The van der Waals surface area contributed by atoms with E-state index in [0.29, 0.717) is 46.4 Å². The van der Waals surface area contributed by atoms with Gasteiger partial charge in [-0.3, -0.25) is 9.59 Å². The maximum absolute atomic E-state index is 12.5. The molecule has 2 amide bonds. The molecule has 2 aliphatic heterocycles. The summed E-state index contributed by atoms with van der Waals surface area (Å²) in [6, 6.07) is 24.0. The number of fused-ring (bicyclic) bond motifs is 2. The number of nitrogens with zero attached hydrogens (tertiary/aromatic N) is 8. The monoisotopic (exact) mass is 1150 g/mol. The number of hydrogen-bond acceptors (Lipinski definition) is 16. The average molecular weight is 1150 g/mol. The van der Waals surface area contributed by atoms with E-state index in [4.69, 9.17) is 65.4 Å². The lowest BCUT2D eigenvalue weighted by Gasteiger charge is -2.33. The number of halogens is 4. The predicted octanol–water partition coefficient (Wildman–Crippen LogP) is 4.41. The van der Waals surface area contributed by atoms with Gasteiger partial charge in [-0.05, 0) is 83.9 Å². The fourth-order valence-corrected chi connectivity index (χ4v) is 10.7. The van der Waals surface area contributed by atoms with Crippen LogP contribution in [0.15, 0.2) is 85.2 Å². The minimum atomic E-state index is -2.18. The summed E-state index contributed by atoms with van der Waals surface area (Å²) < 4.78 is 25.7. The van der Waals surface area contributed by atoms with Crippen LogP contribution in [0.5, 0.6) is 0 Å². The Morgan fingerprint density at radius 1 is 0.577 bits per heavy atom. The minimum Gasteiger partial charge on any atom is -0.387 e. The van der Waals surface area contributed by atoms with Crippen molar-refractivity contribution in [2.75, 3.05) is 93.1 Å². The zero-order chi connectivity index (χ0) is 55.3. The topological polar surface area (TPSA) is 244 Å². The molecule has 24 heteroatoms. The molecule has 418 valence electrons. The van der Waals surface area contributed by atoms with Crippen LogP contribution in [0, 0.1) is 0 Å². The highest BCUT2D eigenvalue weighted by atomic mass is 35.5. The first kappa shape index (κ1) is 59.0. The molecule has 6 N–H and O–H groups in total. The second-order valence-corrected chi connectivity index (χ2v) is 21.0. The lowest BCUT2D eigenvalue weighted by molar-refractivity contribution is -0.155. The molecule has 0 fully saturated rings. The van der Waals surface area contributed by atoms with Crippen molar-refractivity contribution in [3.8, 4) is 22.5 Å². The largest absolute Gasteiger partial charge is 0.387 e. The van der Waals surface area contributed by atoms with E-state index in [1.54, 1.807) is 21.5 Å². The van der Waals surface area contributed by atoms with Gasteiger partial charge in [0.25, 0.3) is 11.8 Å². The molecule has 8 rings (SSSR count). The average Bonchev–Trinajstić information content (AvgIpc) is 4.16. The van der Waals surface area contributed by atoms with Gasteiger partial charge in [-0.2, -0.15) is 0 Å². The number of carbonyl (C=O) groups excluding carboxylic acids is 2. The van der Waals surface area contributed by atoms with Crippen molar-refractivity contribution in [3.05, 3.63) is 139 Å². The summed E-state index contributed by atoms with van der Waals surface area (Å²) in [7, 11) is 4.15. The number of aliphatic hydroxyl groups excluding tert-OH is 4. The summed E-state index contributed by atoms with van der Waals surface area (Å²) in [5.74, 6) is -1.89. The molecule has 0 saturated heterocycles. The van der Waals surface area contributed by atoms with E-state index in [1.807, 2.05) is 48.8 Å². The quantitative estimate of drug-likeness (QED) is 0.0391. The highest BCUT2D eigenvalue weighted by Gasteiger charge is 2.37. The molecule has 6 atom stereocenters. The van der Waals surface area contributed by atoms with Crippen molar-refractivity contribution in [2.45, 2.75) is 62.4 Å². The molecule has 4 heterocycles. The summed E-state index contributed by atoms with van der Waals surface area (Å²) in [6.07, 6.45) is -4.93. The van der Waals surface area contributed by atoms with Crippen LogP contribution in [0.25, 0.3) is 22.5 Å². The lowest BCUT2D eigenvalue weighted by Crippen LogP contribution is -2.54. The number of nitrogens with one attached hydrogen (secondary N) is 2. The second kappa shape index (κ2) is 28.3. The van der Waals surface area contributed by atoms with Gasteiger partial charge in [0.15, 0.2) is 12.2 Å². The number of amides is 2. The Morgan fingerprint density at radius 2 is 0.974 bits per heavy atom. The van der Waals surface area contributed by atoms with Crippen molar-refractivity contribution in [3.63, 3.8) is 0 Å². The third-order valence-corrected chi connectivity index (χ3v) is 14.6. The third-order valence-electron chi connectivity index (χ3n) is 13.5. The molecule has 0 spiro atoms. The van der Waals surface area contributed by atoms with Crippen LogP contribution in [0.4, 0.5) is 0 Å². The van der Waals surface area contributed by atoms with Crippen LogP contribution in [-0.2, 0) is 54.7 Å². The second-order valence-electron chi connectivity index (χ2n) is 19.3. The van der Waals surface area contributed by atoms with E-state index in [1.165, 1.54) is 0 Å². The van der Waals surface area contributed by atoms with E-state index in [0.717, 1.165) is 82.1 Å². The predicted molar refractivity (Wildman–Crippen MR) is 294 cm³/mol. The van der Waals surface area contributed by atoms with E-state index in [9.17, 15) is 30.0 Å². The highest BCUT2D eigenvalue weighted by molar-refractivity contribution is 6.35. The van der Waals surface area contributed by atoms with Crippen LogP contribution in [0.3, 0.4) is 0 Å². The molecule has 0 bridgehead atoms. The molecule has 20 nitrogen and oxygen atoms in total. The smallest absolute Gasteiger partial charge is 0.251 e. The fraction of sp³-hybridized carbons (Fsp3) is 0.444. The summed E-state index contributed by atoms with van der Waals surface area (Å²) in [6.45, 7) is 5.69. The van der Waals surface area contributed by atoms with Gasteiger partial charge < -0.3 is 59.8 Å². The normalized spacial score (nSPS) is 17.3. The van der Waals surface area contributed by atoms with Gasteiger partial charge in [0.05, 0.1) is 78.3 Å². The van der Waals surface area contributed by atoms with E-state index in [-0.39, 0.29) is 64.6 Å². The number of likely N-dealkylation sites (N-methyl/N-ethyl adjacent to an activating group) is 2. The summed E-state index contributed by atoms with van der Waals surface area (Å²) >= 11 is 26.0. The fourth-order valence-electron chi connectivity index (χ4n) is 9.52. The number of hydrogen-bond donors (Lipinski definition) is 6. The molecular weight excluding hydrogens is 1090 g/mol. The maximum atomic E-state index is 12.5. The number of aromatic nitrogens is 6. The number of ether oxygens (including phenoxy) is 4. The first-order chi connectivity index (χ1) is 37.6. The van der Waals surface area contributed by atoms with Gasteiger partial charge in [0, 0.05) is 82.3 Å². The van der Waals surface area contributed by atoms with Crippen molar-refractivity contribution in [1.82, 2.24) is 50.4 Å². The Balaban J connectivity index is 0.641. The standard InChI is InChI=1S/C54H64Cl4N10O10/c1-65-27-41(39-23-37(55)25-45(57)43(39)29-65)33-5-3-7-35(21-33)47-31-67(63-61-47)11-15-77-19-17-75-13-9-59-53(73)51(71)49(69)50(70)52(72)54(74)60-10-14-76-18-20-78-16-12-68-32-48(62-64-68)36-8-4-6-34(22-36)42-28-66(2)30-44-40(42)24-38(56)26-46(44)58/h3-8,21-26,31-32,41-42,49-52,69-72H,9-20,27-30H2,1-2H3,(H,59,73)(H,60,74)/t41-,42-,49-,50+,51+,52-/m0/s1. The zero-order valence-corrected chi connectivity index (χ0v) is 46.2. The molecule has 2 aromatic heterocycles. The maximum Gasteiger partial charge on any atom is 0.251 e. The first-order valence-electron chi connectivity index (χ1n) is 25.6. The molecule has 78 heavy (non-hydrogen) atoms. The Labute approximate surface area is 472 Å². The van der Waals surface area contributed by atoms with E-state index >= 15 is 0 Å². The Morgan fingerprint density at radius 3 is 1.38 bits per heavy atom. The van der Waals surface area contributed by atoms with Crippen LogP contribution < -0.4 is 10.6 Å². The molecule has 6 aromatic rings. The van der Waals surface area contributed by atoms with Gasteiger partial charge in [0.2, 0.25) is 0 Å². The number of carbonyl (C=O) groups is 2. The van der Waals surface area contributed by atoms with Gasteiger partial charge in [-0.1, -0.05) is 93.2 Å². The van der Waals surface area contributed by atoms with Crippen molar-refractivity contribution in [2.24, 2.45) is 0 Å². The molecule has 0 saturated carbocycles. The van der Waals surface area contributed by atoms with Gasteiger partial charge in [0.1, 0.15) is 23.6 Å². The SMILES string of the molecule is CN1Cc2c(Cl)cc(Cl)cc2[C@H](c2cccc(-c3cn(CCOCCOCCNC(=O)[C@@H](O)[C@H](O)[C@H](O)[C@@H](O)C(=O)NCCOCCOCCn4cc(-c5cccc([C@@H]6CN(C)Cc7c(Cl)cc(Cl)cc76)c5)nn4)nn3)c2)C1. The number of aliphatic hydroxyl groups is 4. The van der Waals surface area contributed by atoms with Gasteiger partial charge >= 0.3 is 0 Å². The van der Waals surface area contributed by atoms with Crippen molar-refractivity contribution in [1.29, 1.82) is 0 Å². The van der Waals surface area contributed by atoms with Crippen molar-refractivity contribution >= 4 is 58.2 Å². The molecule has 4 aromatic carbocycles. The number of benzene rings is 4. The summed E-state index contributed by atoms with van der Waals surface area (Å²) in [5.41, 5.74) is 9.98. The Kier molecular flexibility index (Phi) is 21.4. The van der Waals surface area contributed by atoms with Gasteiger partial charge in [-0.15, -0.1) is 10.2 Å². The minimum absolute atomic E-state index is 0.0387. The third kappa shape index (κ3) is 15.6. The Hall–Kier alpha value is -5.14. The lowest BCUT2D eigenvalue weighted by atomic mass is 9.84. The summed E-state index contributed by atoms with van der Waals surface area (Å²) in [4.78, 5) is 29.4. The Bertz CT molecular complexity index is 2770. The molecule has 0 unspecified atom stereocenters.